The van der Waals surface area contributed by atoms with Gasteiger partial charge in [-0.3, -0.25) is 4.79 Å². The third-order valence-corrected chi connectivity index (χ3v) is 3.88. The first-order valence-corrected chi connectivity index (χ1v) is 7.56. The summed E-state index contributed by atoms with van der Waals surface area (Å²) in [6, 6.07) is 0. The molecule has 20 heavy (non-hydrogen) atoms. The molecule has 0 aromatic carbocycles. The van der Waals surface area contributed by atoms with Gasteiger partial charge in [-0.25, -0.2) is 4.98 Å². The number of hydrogen-bond donors (Lipinski definition) is 1. The van der Waals surface area contributed by atoms with E-state index in [-0.39, 0.29) is 6.54 Å². The van der Waals surface area contributed by atoms with Crippen molar-refractivity contribution in [1.82, 2.24) is 9.55 Å². The van der Waals surface area contributed by atoms with Gasteiger partial charge in [0.1, 0.15) is 6.54 Å². The van der Waals surface area contributed by atoms with Crippen molar-refractivity contribution in [2.45, 2.75) is 47.1 Å². The minimum atomic E-state index is -0.854. The van der Waals surface area contributed by atoms with E-state index in [0.717, 1.165) is 0 Å². The molecule has 1 N–H and O–H groups in total. The number of imidazole rings is 1. The number of aromatic nitrogens is 2. The normalized spacial score (nSPS) is 10.8. The zero-order chi connectivity index (χ0) is 15.4. The lowest BCUT2D eigenvalue weighted by Crippen LogP contribution is -2.48. The molecule has 0 aliphatic heterocycles. The Balaban J connectivity index is 0.000000367. The van der Waals surface area contributed by atoms with Gasteiger partial charge in [-0.15, -0.1) is 0 Å². The van der Waals surface area contributed by atoms with Crippen LogP contribution in [0.15, 0.2) is 18.7 Å². The smallest absolute Gasteiger partial charge is 0.323 e. The lowest BCUT2D eigenvalue weighted by atomic mass is 10.2. The van der Waals surface area contributed by atoms with Crippen LogP contribution in [0.4, 0.5) is 0 Å². The molecule has 0 spiro atoms. The Labute approximate surface area is 122 Å². The number of carboxylic acids is 1. The molecule has 1 rings (SSSR count). The predicted molar refractivity (Wildman–Crippen MR) is 81.5 cm³/mol. The van der Waals surface area contributed by atoms with Gasteiger partial charge in [0.2, 0.25) is 0 Å². The van der Waals surface area contributed by atoms with Crippen LogP contribution in [-0.2, 0) is 11.3 Å². The van der Waals surface area contributed by atoms with Crippen LogP contribution in [0.25, 0.3) is 0 Å². The van der Waals surface area contributed by atoms with Crippen LogP contribution < -0.4 is 0 Å². The first-order valence-electron chi connectivity index (χ1n) is 7.56. The monoisotopic (exact) mass is 284 g/mol. The van der Waals surface area contributed by atoms with Crippen molar-refractivity contribution >= 4 is 5.97 Å². The third kappa shape index (κ3) is 7.28. The standard InChI is InChI=1S/C10H24N.C5H6N2O2/c1-5-9-10-11(6-2,7-3)8-4;8-5(9)3-7-2-1-6-4-7/h5-10H2,1-4H3;1-2,4H,3H2,(H,8,9)/q+1;. The van der Waals surface area contributed by atoms with Crippen LogP contribution in [0.3, 0.4) is 0 Å². The minimum absolute atomic E-state index is 0.0139. The highest BCUT2D eigenvalue weighted by Crippen LogP contribution is 2.07. The Hall–Kier alpha value is -1.36. The number of carboxylic acid groups (broad SMARTS) is 1. The van der Waals surface area contributed by atoms with Gasteiger partial charge in [0.05, 0.1) is 32.5 Å². The van der Waals surface area contributed by atoms with Crippen LogP contribution in [0.5, 0.6) is 0 Å². The molecule has 0 saturated heterocycles. The van der Waals surface area contributed by atoms with Crippen LogP contribution in [0, 0.1) is 0 Å². The van der Waals surface area contributed by atoms with Crippen molar-refractivity contribution < 1.29 is 14.4 Å². The molecule has 0 aliphatic rings. The Morgan fingerprint density at radius 2 is 1.80 bits per heavy atom. The van der Waals surface area contributed by atoms with E-state index in [1.807, 2.05) is 0 Å². The van der Waals surface area contributed by atoms with Crippen LogP contribution in [0.1, 0.15) is 40.5 Å². The molecule has 0 aliphatic carbocycles. The number of rotatable bonds is 8. The van der Waals surface area contributed by atoms with E-state index < -0.39 is 5.97 Å². The van der Waals surface area contributed by atoms with E-state index in [0.29, 0.717) is 0 Å². The molecule has 0 amide bonds. The van der Waals surface area contributed by atoms with E-state index in [1.54, 1.807) is 12.4 Å². The first-order chi connectivity index (χ1) is 9.53. The van der Waals surface area contributed by atoms with Gasteiger partial charge < -0.3 is 14.2 Å². The Kier molecular flexibility index (Phi) is 9.72. The molecular weight excluding hydrogens is 254 g/mol. The van der Waals surface area contributed by atoms with Gasteiger partial charge in [-0.05, 0) is 27.2 Å². The molecule has 1 aromatic heterocycles. The molecule has 0 unspecified atom stereocenters. The summed E-state index contributed by atoms with van der Waals surface area (Å²) in [5, 5.41) is 8.24. The summed E-state index contributed by atoms with van der Waals surface area (Å²) in [7, 11) is 0. The van der Waals surface area contributed by atoms with Crippen LogP contribution in [-0.4, -0.2) is 51.3 Å². The second kappa shape index (κ2) is 10.4. The fraction of sp³-hybridized carbons (Fsp3) is 0.733. The van der Waals surface area contributed by atoms with E-state index in [9.17, 15) is 4.79 Å². The third-order valence-electron chi connectivity index (χ3n) is 3.88. The molecule has 1 heterocycles. The highest BCUT2D eigenvalue weighted by atomic mass is 16.4. The van der Waals surface area contributed by atoms with Crippen molar-refractivity contribution in [1.29, 1.82) is 0 Å². The maximum absolute atomic E-state index is 10.0. The second-order valence-corrected chi connectivity index (χ2v) is 5.00. The second-order valence-electron chi connectivity index (χ2n) is 5.00. The molecule has 1 aromatic rings. The minimum Gasteiger partial charge on any atom is -0.480 e. The number of hydrogen-bond acceptors (Lipinski definition) is 2. The largest absolute Gasteiger partial charge is 0.480 e. The molecule has 5 nitrogen and oxygen atoms in total. The average molecular weight is 284 g/mol. The lowest BCUT2D eigenvalue weighted by molar-refractivity contribution is -0.923. The fourth-order valence-electron chi connectivity index (χ4n) is 2.18. The van der Waals surface area contributed by atoms with Gasteiger partial charge in [0, 0.05) is 12.4 Å². The number of quaternary nitrogens is 1. The topological polar surface area (TPSA) is 55.1 Å². The van der Waals surface area contributed by atoms with E-state index in [2.05, 4.69) is 32.7 Å². The van der Waals surface area contributed by atoms with Crippen molar-refractivity contribution in [2.75, 3.05) is 26.2 Å². The van der Waals surface area contributed by atoms with Gasteiger partial charge in [-0.2, -0.15) is 0 Å². The number of aliphatic carboxylic acids is 1. The Morgan fingerprint density at radius 3 is 2.15 bits per heavy atom. The highest BCUT2D eigenvalue weighted by Gasteiger charge is 2.18. The van der Waals surface area contributed by atoms with Crippen LogP contribution in [0.2, 0.25) is 0 Å². The van der Waals surface area contributed by atoms with Gasteiger partial charge >= 0.3 is 5.97 Å². The first kappa shape index (κ1) is 18.6. The summed E-state index contributed by atoms with van der Waals surface area (Å²) in [4.78, 5) is 13.7. The molecule has 0 saturated carbocycles. The van der Waals surface area contributed by atoms with Crippen molar-refractivity contribution in [3.63, 3.8) is 0 Å². The van der Waals surface area contributed by atoms with Crippen LogP contribution >= 0.6 is 0 Å². The molecule has 0 atom stereocenters. The zero-order valence-corrected chi connectivity index (χ0v) is 13.4. The summed E-state index contributed by atoms with van der Waals surface area (Å²) < 4.78 is 2.80. The van der Waals surface area contributed by atoms with Gasteiger partial charge in [0.15, 0.2) is 0 Å². The van der Waals surface area contributed by atoms with E-state index >= 15 is 0 Å². The van der Waals surface area contributed by atoms with Crippen molar-refractivity contribution in [3.8, 4) is 0 Å². The van der Waals surface area contributed by atoms with Gasteiger partial charge in [0.25, 0.3) is 0 Å². The predicted octanol–water partition coefficient (Wildman–Crippen LogP) is 2.63. The van der Waals surface area contributed by atoms with E-state index in [4.69, 9.17) is 5.11 Å². The Morgan fingerprint density at radius 1 is 1.20 bits per heavy atom. The number of carbonyl (C=O) groups is 1. The molecule has 5 heteroatoms. The highest BCUT2D eigenvalue weighted by molar-refractivity contribution is 5.66. The number of unbranched alkanes of at least 4 members (excludes halogenated alkanes) is 1. The zero-order valence-electron chi connectivity index (χ0n) is 13.4. The van der Waals surface area contributed by atoms with Gasteiger partial charge in [-0.1, -0.05) is 13.3 Å². The van der Waals surface area contributed by atoms with Crippen molar-refractivity contribution in [2.24, 2.45) is 0 Å². The SMILES string of the molecule is CCCC[N+](CC)(CC)CC.O=C(O)Cn1ccnc1. The summed E-state index contributed by atoms with van der Waals surface area (Å²) in [6.45, 7) is 14.5. The molecule has 0 radical (unpaired) electrons. The molecular formula is C15H30N3O2+. The Bertz CT molecular complexity index is 338. The lowest BCUT2D eigenvalue weighted by Gasteiger charge is -2.35. The number of nitrogens with zero attached hydrogens (tertiary/aromatic N) is 3. The van der Waals surface area contributed by atoms with E-state index in [1.165, 1.54) is 54.4 Å². The maximum Gasteiger partial charge on any atom is 0.323 e. The van der Waals surface area contributed by atoms with Crippen molar-refractivity contribution in [3.05, 3.63) is 18.7 Å². The summed E-state index contributed by atoms with van der Waals surface area (Å²) >= 11 is 0. The molecule has 116 valence electrons. The summed E-state index contributed by atoms with van der Waals surface area (Å²) in [5.74, 6) is -0.854. The maximum atomic E-state index is 10.0. The average Bonchev–Trinajstić information content (AvgIpc) is 2.94. The summed E-state index contributed by atoms with van der Waals surface area (Å²) in [5.41, 5.74) is 0. The quantitative estimate of drug-likeness (QED) is 0.747. The fourth-order valence-corrected chi connectivity index (χ4v) is 2.18. The summed E-state index contributed by atoms with van der Waals surface area (Å²) in [6.07, 6.45) is 7.33. The molecule has 0 fully saturated rings. The molecule has 0 bridgehead atoms.